The third-order valence-electron chi connectivity index (χ3n) is 5.62. The van der Waals surface area contributed by atoms with E-state index in [4.69, 9.17) is 0 Å². The summed E-state index contributed by atoms with van der Waals surface area (Å²) in [4.78, 5) is 18.3. The Labute approximate surface area is 222 Å². The summed E-state index contributed by atoms with van der Waals surface area (Å²) in [7, 11) is -4.30. The number of sulfonamides is 1. The third kappa shape index (κ3) is 6.47. The Morgan fingerprint density at radius 1 is 0.895 bits per heavy atom. The summed E-state index contributed by atoms with van der Waals surface area (Å²) in [6, 6.07) is 22.3. The average Bonchev–Trinajstić information content (AvgIpc) is 3.26. The van der Waals surface area contributed by atoms with E-state index in [1.54, 1.807) is 0 Å². The van der Waals surface area contributed by atoms with Gasteiger partial charge in [-0.05, 0) is 43.7 Å². The fourth-order valence-corrected chi connectivity index (χ4v) is 6.04. The normalized spacial score (nSPS) is 12.3. The largest absolute Gasteiger partial charge is 0.416 e. The van der Waals surface area contributed by atoms with Crippen molar-refractivity contribution in [2.45, 2.75) is 36.9 Å². The first-order chi connectivity index (χ1) is 17.8. The van der Waals surface area contributed by atoms with Gasteiger partial charge < -0.3 is 5.32 Å². The van der Waals surface area contributed by atoms with E-state index >= 15 is 0 Å². The highest BCUT2D eigenvalue weighted by Gasteiger charge is 2.35. The van der Waals surface area contributed by atoms with Gasteiger partial charge in [-0.25, -0.2) is 13.4 Å². The molecule has 0 radical (unpaired) electrons. The number of nitrogens with zero attached hydrogens (tertiary/aromatic N) is 1. The number of aromatic nitrogens is 1. The minimum Gasteiger partial charge on any atom is -0.300 e. The molecule has 6 nitrogen and oxygen atoms in total. The van der Waals surface area contributed by atoms with Crippen molar-refractivity contribution in [3.63, 3.8) is 0 Å². The molecule has 0 unspecified atom stereocenters. The van der Waals surface area contributed by atoms with Gasteiger partial charge in [0.15, 0.2) is 5.13 Å². The molecule has 11 heteroatoms. The van der Waals surface area contributed by atoms with Gasteiger partial charge in [0, 0.05) is 16.9 Å². The number of thiazole rings is 1. The summed E-state index contributed by atoms with van der Waals surface area (Å²) in [6.07, 6.45) is -4.01. The maximum absolute atomic E-state index is 13.1. The molecule has 0 bridgehead atoms. The van der Waals surface area contributed by atoms with Crippen LogP contribution in [0.2, 0.25) is 0 Å². The summed E-state index contributed by atoms with van der Waals surface area (Å²) in [5.74, 6) is -0.674. The fraction of sp³-hybridized carbons (Fsp3) is 0.185. The van der Waals surface area contributed by atoms with Crippen LogP contribution in [0, 0.1) is 0 Å². The van der Waals surface area contributed by atoms with Gasteiger partial charge in [-0.3, -0.25) is 4.79 Å². The van der Waals surface area contributed by atoms with Crippen LogP contribution in [0.25, 0.3) is 11.3 Å². The number of rotatable bonds is 8. The lowest BCUT2D eigenvalue weighted by atomic mass is 10.1. The zero-order valence-electron chi connectivity index (χ0n) is 20.4. The third-order valence-corrected chi connectivity index (χ3v) is 8.26. The minimum absolute atomic E-state index is 0.293. The van der Waals surface area contributed by atoms with Crippen LogP contribution in [-0.2, 0) is 27.4 Å². The number of amides is 1. The van der Waals surface area contributed by atoms with Crippen LogP contribution in [0.15, 0.2) is 89.8 Å². The number of nitrogens with one attached hydrogen (secondary N) is 2. The molecule has 0 spiro atoms. The Morgan fingerprint density at radius 3 is 2.05 bits per heavy atom. The molecule has 2 N–H and O–H groups in total. The molecule has 4 rings (SSSR count). The lowest BCUT2D eigenvalue weighted by Crippen LogP contribution is -2.52. The first-order valence-electron chi connectivity index (χ1n) is 11.5. The van der Waals surface area contributed by atoms with Crippen LogP contribution < -0.4 is 10.0 Å². The molecule has 0 aliphatic rings. The predicted molar refractivity (Wildman–Crippen MR) is 141 cm³/mol. The van der Waals surface area contributed by atoms with Crippen LogP contribution in [-0.4, -0.2) is 24.8 Å². The number of benzene rings is 3. The maximum atomic E-state index is 13.1. The van der Waals surface area contributed by atoms with Gasteiger partial charge >= 0.3 is 6.18 Å². The van der Waals surface area contributed by atoms with E-state index in [0.29, 0.717) is 29.4 Å². The molecular weight excluding hydrogens is 535 g/mol. The van der Waals surface area contributed by atoms with Crippen LogP contribution in [0.4, 0.5) is 18.3 Å². The van der Waals surface area contributed by atoms with Gasteiger partial charge in [-0.1, -0.05) is 60.7 Å². The smallest absolute Gasteiger partial charge is 0.300 e. The topological polar surface area (TPSA) is 88.2 Å². The fourth-order valence-electron chi connectivity index (χ4n) is 3.65. The number of carbonyl (C=O) groups is 1. The Kier molecular flexibility index (Phi) is 7.73. The van der Waals surface area contributed by atoms with E-state index < -0.39 is 38.1 Å². The summed E-state index contributed by atoms with van der Waals surface area (Å²) < 4.78 is 66.4. The first kappa shape index (κ1) is 27.5. The summed E-state index contributed by atoms with van der Waals surface area (Å²) >= 11 is 1.29. The number of halogens is 3. The zero-order chi connectivity index (χ0) is 27.6. The monoisotopic (exact) mass is 559 g/mol. The van der Waals surface area contributed by atoms with Crippen LogP contribution in [0.5, 0.6) is 0 Å². The van der Waals surface area contributed by atoms with Crippen molar-refractivity contribution in [3.8, 4) is 11.3 Å². The van der Waals surface area contributed by atoms with Crippen LogP contribution in [0.3, 0.4) is 0 Å². The van der Waals surface area contributed by atoms with Gasteiger partial charge in [0.2, 0.25) is 15.9 Å². The molecule has 0 saturated heterocycles. The van der Waals surface area contributed by atoms with Crippen molar-refractivity contribution in [2.24, 2.45) is 0 Å². The quantitative estimate of drug-likeness (QED) is 0.273. The molecular formula is C27H24F3N3O3S2. The van der Waals surface area contributed by atoms with E-state index in [9.17, 15) is 26.4 Å². The number of hydrogen-bond acceptors (Lipinski definition) is 5. The highest BCUT2D eigenvalue weighted by Crippen LogP contribution is 2.34. The van der Waals surface area contributed by atoms with Crippen molar-refractivity contribution in [1.82, 2.24) is 9.71 Å². The summed E-state index contributed by atoms with van der Waals surface area (Å²) in [6.45, 7) is 2.72. The maximum Gasteiger partial charge on any atom is 0.416 e. The lowest BCUT2D eigenvalue weighted by Gasteiger charge is -2.24. The highest BCUT2D eigenvalue weighted by molar-refractivity contribution is 7.89. The van der Waals surface area contributed by atoms with Crippen molar-refractivity contribution in [3.05, 3.63) is 101 Å². The van der Waals surface area contributed by atoms with Gasteiger partial charge in [0.1, 0.15) is 5.54 Å². The standard InChI is InChI=1S/C27H24F3N3O3S2/c1-26(2,33-38(35,36)21-15-13-20(14-16-21)27(28,29)30)24(34)32-25-31-23(19-11-7-4-8-12-19)22(37-25)17-18-9-5-3-6-10-18/h3-16,33H,17H2,1-2H3,(H,31,32,34). The van der Waals surface area contributed by atoms with E-state index in [1.807, 2.05) is 60.7 Å². The Balaban J connectivity index is 1.55. The van der Waals surface area contributed by atoms with E-state index in [1.165, 1.54) is 25.2 Å². The van der Waals surface area contributed by atoms with Crippen molar-refractivity contribution < 1.29 is 26.4 Å². The molecule has 0 saturated carbocycles. The number of anilines is 1. The molecule has 3 aromatic carbocycles. The van der Waals surface area contributed by atoms with E-state index in [2.05, 4.69) is 15.0 Å². The van der Waals surface area contributed by atoms with E-state index in [-0.39, 0.29) is 0 Å². The second-order valence-electron chi connectivity index (χ2n) is 9.03. The van der Waals surface area contributed by atoms with Gasteiger partial charge in [-0.2, -0.15) is 17.9 Å². The summed E-state index contributed by atoms with van der Waals surface area (Å²) in [5.41, 5.74) is 0.0311. The number of hydrogen-bond donors (Lipinski definition) is 2. The lowest BCUT2D eigenvalue weighted by molar-refractivity contribution is -0.137. The molecule has 1 amide bonds. The first-order valence-corrected chi connectivity index (χ1v) is 13.8. The molecule has 4 aromatic rings. The molecule has 0 fully saturated rings. The second kappa shape index (κ2) is 10.7. The molecule has 0 aliphatic carbocycles. The van der Waals surface area contributed by atoms with Gasteiger partial charge in [-0.15, -0.1) is 11.3 Å². The van der Waals surface area contributed by atoms with Gasteiger partial charge in [0.05, 0.1) is 16.2 Å². The molecule has 38 heavy (non-hydrogen) atoms. The zero-order valence-corrected chi connectivity index (χ0v) is 22.0. The molecule has 0 atom stereocenters. The molecule has 1 aromatic heterocycles. The highest BCUT2D eigenvalue weighted by atomic mass is 32.2. The van der Waals surface area contributed by atoms with Crippen molar-refractivity contribution in [2.75, 3.05) is 5.32 Å². The van der Waals surface area contributed by atoms with E-state index in [0.717, 1.165) is 28.1 Å². The Morgan fingerprint density at radius 2 is 1.47 bits per heavy atom. The Hall–Kier alpha value is -3.54. The van der Waals surface area contributed by atoms with Crippen molar-refractivity contribution >= 4 is 32.4 Å². The average molecular weight is 560 g/mol. The summed E-state index contributed by atoms with van der Waals surface area (Å²) in [5, 5.41) is 2.99. The Bertz CT molecular complexity index is 1520. The van der Waals surface area contributed by atoms with Crippen LogP contribution >= 0.6 is 11.3 Å². The number of carbonyl (C=O) groups excluding carboxylic acids is 1. The second-order valence-corrected chi connectivity index (χ2v) is 11.8. The van der Waals surface area contributed by atoms with Crippen LogP contribution in [0.1, 0.15) is 29.9 Å². The molecule has 0 aliphatic heterocycles. The SMILES string of the molecule is CC(C)(NS(=O)(=O)c1ccc(C(F)(F)F)cc1)C(=O)Nc1nc(-c2ccccc2)c(Cc2ccccc2)s1. The predicted octanol–water partition coefficient (Wildman–Crippen LogP) is 6.12. The molecule has 1 heterocycles. The number of alkyl halides is 3. The molecule has 198 valence electrons. The van der Waals surface area contributed by atoms with Gasteiger partial charge in [0.25, 0.3) is 0 Å². The van der Waals surface area contributed by atoms with Crippen molar-refractivity contribution in [1.29, 1.82) is 0 Å². The minimum atomic E-state index is -4.60.